The predicted molar refractivity (Wildman–Crippen MR) is 99.5 cm³/mol. The first kappa shape index (κ1) is 18.7. The zero-order valence-corrected chi connectivity index (χ0v) is 16.2. The van der Waals surface area contributed by atoms with Gasteiger partial charge in [-0.2, -0.15) is 0 Å². The molecule has 0 N–H and O–H groups in total. The number of ether oxygens (including phenoxy) is 3. The zero-order chi connectivity index (χ0) is 17.9. The van der Waals surface area contributed by atoms with Crippen LogP contribution in [0.4, 0.5) is 0 Å². The maximum Gasteiger partial charge on any atom is 0.338 e. The molecule has 1 aliphatic rings. The average Bonchev–Trinajstić information content (AvgIpc) is 3.05. The van der Waals surface area contributed by atoms with Crippen LogP contribution in [0.15, 0.2) is 48.5 Å². The first-order valence-corrected chi connectivity index (χ1v) is 9.47. The topological polar surface area (TPSA) is 44.8 Å². The van der Waals surface area contributed by atoms with Crippen molar-refractivity contribution in [2.24, 2.45) is 0 Å². The molecule has 0 bridgehead atoms. The highest BCUT2D eigenvalue weighted by Crippen LogP contribution is 2.40. The minimum absolute atomic E-state index is 0.0910. The van der Waals surface area contributed by atoms with Crippen molar-refractivity contribution in [2.75, 3.05) is 18.5 Å². The van der Waals surface area contributed by atoms with Gasteiger partial charge in [-0.25, -0.2) is 4.79 Å². The highest BCUT2D eigenvalue weighted by molar-refractivity contribution is 9.09. The summed E-state index contributed by atoms with van der Waals surface area (Å²) in [5.74, 6) is -1.43. The van der Waals surface area contributed by atoms with Crippen LogP contribution in [0.3, 0.4) is 0 Å². The molecule has 1 fully saturated rings. The van der Waals surface area contributed by atoms with Crippen LogP contribution < -0.4 is 0 Å². The molecule has 132 valence electrons. The van der Waals surface area contributed by atoms with E-state index in [0.29, 0.717) is 26.5 Å². The summed E-state index contributed by atoms with van der Waals surface area (Å²) < 4.78 is 17.2. The third-order valence-electron chi connectivity index (χ3n) is 3.79. The van der Waals surface area contributed by atoms with E-state index in [1.807, 2.05) is 6.07 Å². The smallest absolute Gasteiger partial charge is 0.338 e. The van der Waals surface area contributed by atoms with Gasteiger partial charge in [-0.05, 0) is 24.3 Å². The lowest BCUT2D eigenvalue weighted by atomic mass is 10.1. The summed E-state index contributed by atoms with van der Waals surface area (Å²) in [6, 6.07) is 13.9. The van der Waals surface area contributed by atoms with Crippen LogP contribution in [0.2, 0.25) is 10.0 Å². The van der Waals surface area contributed by atoms with E-state index >= 15 is 0 Å². The molecule has 2 aromatic carbocycles. The average molecular weight is 446 g/mol. The second-order valence-corrected chi connectivity index (χ2v) is 6.93. The van der Waals surface area contributed by atoms with Crippen molar-refractivity contribution >= 4 is 45.1 Å². The SMILES string of the molecule is O=C(OCC1COC(CBr)(c2ccc(Cl)cc2Cl)O1)c1ccccc1. The Bertz CT molecular complexity index is 756. The van der Waals surface area contributed by atoms with E-state index in [-0.39, 0.29) is 13.2 Å². The van der Waals surface area contributed by atoms with Gasteiger partial charge in [0, 0.05) is 10.6 Å². The monoisotopic (exact) mass is 444 g/mol. The summed E-state index contributed by atoms with van der Waals surface area (Å²) in [6.45, 7) is 0.375. The summed E-state index contributed by atoms with van der Waals surface area (Å²) in [6.07, 6.45) is -0.392. The number of halogens is 3. The van der Waals surface area contributed by atoms with Crippen molar-refractivity contribution in [2.45, 2.75) is 11.9 Å². The minimum Gasteiger partial charge on any atom is -0.459 e. The second-order valence-electron chi connectivity index (χ2n) is 5.53. The normalized spacial score (nSPS) is 22.8. The lowest BCUT2D eigenvalue weighted by Crippen LogP contribution is -2.31. The zero-order valence-electron chi connectivity index (χ0n) is 13.1. The molecule has 4 nitrogen and oxygen atoms in total. The number of esters is 1. The Kier molecular flexibility index (Phi) is 6.02. The van der Waals surface area contributed by atoms with Crippen LogP contribution in [-0.2, 0) is 20.0 Å². The van der Waals surface area contributed by atoms with Crippen LogP contribution in [-0.4, -0.2) is 30.6 Å². The van der Waals surface area contributed by atoms with Crippen LogP contribution in [0.25, 0.3) is 0 Å². The van der Waals surface area contributed by atoms with Gasteiger partial charge in [0.05, 0.1) is 22.5 Å². The fraction of sp³-hybridized carbons (Fsp3) is 0.278. The summed E-state index contributed by atoms with van der Waals surface area (Å²) in [7, 11) is 0. The number of rotatable bonds is 5. The molecule has 1 saturated heterocycles. The van der Waals surface area contributed by atoms with Gasteiger partial charge in [0.15, 0.2) is 0 Å². The Morgan fingerprint density at radius 1 is 1.24 bits per heavy atom. The predicted octanol–water partition coefficient (Wildman–Crippen LogP) is 4.81. The molecular formula is C18H15BrCl2O4. The molecule has 1 aliphatic heterocycles. The molecule has 7 heteroatoms. The number of alkyl halides is 1. The van der Waals surface area contributed by atoms with Crippen molar-refractivity contribution < 1.29 is 19.0 Å². The second kappa shape index (κ2) is 8.06. The third kappa shape index (κ3) is 4.18. The first-order chi connectivity index (χ1) is 12.0. The molecule has 25 heavy (non-hydrogen) atoms. The van der Waals surface area contributed by atoms with E-state index in [0.717, 1.165) is 0 Å². The van der Waals surface area contributed by atoms with E-state index in [4.69, 9.17) is 37.4 Å². The summed E-state index contributed by atoms with van der Waals surface area (Å²) >= 11 is 15.6. The number of hydrogen-bond acceptors (Lipinski definition) is 4. The van der Waals surface area contributed by atoms with Crippen LogP contribution in [0, 0.1) is 0 Å². The Balaban J connectivity index is 1.66. The van der Waals surface area contributed by atoms with Crippen LogP contribution in [0.1, 0.15) is 15.9 Å². The standard InChI is InChI=1S/C18H15BrCl2O4/c19-11-18(15-7-6-13(20)8-16(15)21)24-10-14(25-18)9-23-17(22)12-4-2-1-3-5-12/h1-8,14H,9-11H2. The lowest BCUT2D eigenvalue weighted by Gasteiger charge is -2.27. The molecular weight excluding hydrogens is 431 g/mol. The highest BCUT2D eigenvalue weighted by Gasteiger charge is 2.44. The van der Waals surface area contributed by atoms with Crippen molar-refractivity contribution in [3.8, 4) is 0 Å². The van der Waals surface area contributed by atoms with Gasteiger partial charge in [-0.3, -0.25) is 0 Å². The fourth-order valence-electron chi connectivity index (χ4n) is 2.55. The van der Waals surface area contributed by atoms with Gasteiger partial charge < -0.3 is 14.2 Å². The van der Waals surface area contributed by atoms with Crippen molar-refractivity contribution in [3.05, 3.63) is 69.7 Å². The fourth-order valence-corrected chi connectivity index (χ4v) is 3.70. The van der Waals surface area contributed by atoms with E-state index in [1.165, 1.54) is 0 Å². The Morgan fingerprint density at radius 3 is 2.68 bits per heavy atom. The van der Waals surface area contributed by atoms with E-state index in [9.17, 15) is 4.79 Å². The number of carbonyl (C=O) groups is 1. The Morgan fingerprint density at radius 2 is 2.00 bits per heavy atom. The molecule has 0 aromatic heterocycles. The van der Waals surface area contributed by atoms with Gasteiger partial charge in [0.1, 0.15) is 12.7 Å². The molecule has 0 aliphatic carbocycles. The molecule has 3 rings (SSSR count). The number of hydrogen-bond donors (Lipinski definition) is 0. The maximum absolute atomic E-state index is 12.0. The molecule has 2 atom stereocenters. The number of carbonyl (C=O) groups excluding carboxylic acids is 1. The van der Waals surface area contributed by atoms with E-state index in [1.54, 1.807) is 42.5 Å². The van der Waals surface area contributed by atoms with E-state index in [2.05, 4.69) is 15.9 Å². The molecule has 0 saturated carbocycles. The van der Waals surface area contributed by atoms with Gasteiger partial charge in [-0.1, -0.05) is 63.4 Å². The van der Waals surface area contributed by atoms with Crippen molar-refractivity contribution in [3.63, 3.8) is 0 Å². The number of benzene rings is 2. The summed E-state index contributed by atoms with van der Waals surface area (Å²) in [4.78, 5) is 12.0. The van der Waals surface area contributed by atoms with Gasteiger partial charge in [0.2, 0.25) is 5.79 Å². The summed E-state index contributed by atoms with van der Waals surface area (Å²) in [5.41, 5.74) is 1.17. The molecule has 1 heterocycles. The Hall–Kier alpha value is -1.11. The minimum atomic E-state index is -1.04. The molecule has 0 radical (unpaired) electrons. The molecule has 2 unspecified atom stereocenters. The van der Waals surface area contributed by atoms with Crippen LogP contribution in [0.5, 0.6) is 0 Å². The quantitative estimate of drug-likeness (QED) is 0.489. The first-order valence-electron chi connectivity index (χ1n) is 7.59. The molecule has 0 spiro atoms. The van der Waals surface area contributed by atoms with Crippen LogP contribution >= 0.6 is 39.1 Å². The highest BCUT2D eigenvalue weighted by atomic mass is 79.9. The molecule has 2 aromatic rings. The Labute approximate surface area is 164 Å². The maximum atomic E-state index is 12.0. The van der Waals surface area contributed by atoms with Gasteiger partial charge in [-0.15, -0.1) is 0 Å². The lowest BCUT2D eigenvalue weighted by molar-refractivity contribution is -0.160. The van der Waals surface area contributed by atoms with Gasteiger partial charge in [0.25, 0.3) is 0 Å². The molecule has 0 amide bonds. The van der Waals surface area contributed by atoms with Crippen molar-refractivity contribution in [1.82, 2.24) is 0 Å². The third-order valence-corrected chi connectivity index (χ3v) is 5.07. The van der Waals surface area contributed by atoms with Gasteiger partial charge >= 0.3 is 5.97 Å². The largest absolute Gasteiger partial charge is 0.459 e. The van der Waals surface area contributed by atoms with Crippen molar-refractivity contribution in [1.29, 1.82) is 0 Å². The van der Waals surface area contributed by atoms with E-state index < -0.39 is 17.9 Å². The summed E-state index contributed by atoms with van der Waals surface area (Å²) in [5, 5.41) is 1.36.